The van der Waals surface area contributed by atoms with Gasteiger partial charge in [-0.25, -0.2) is 4.98 Å². The average molecular weight is 289 g/mol. The number of rotatable bonds is 3. The first-order valence-electron chi connectivity index (χ1n) is 6.31. The van der Waals surface area contributed by atoms with Crippen molar-refractivity contribution < 1.29 is 4.52 Å². The van der Waals surface area contributed by atoms with Crippen LogP contribution in [0.1, 0.15) is 18.2 Å². The Morgan fingerprint density at radius 3 is 2.90 bits per heavy atom. The zero-order valence-corrected chi connectivity index (χ0v) is 11.9. The maximum Gasteiger partial charge on any atom is 0.263 e. The molecule has 0 radical (unpaired) electrons. The minimum absolute atomic E-state index is 0.484. The summed E-state index contributed by atoms with van der Waals surface area (Å²) in [6.07, 6.45) is 2.20. The summed E-state index contributed by atoms with van der Waals surface area (Å²) >= 11 is 6.13. The van der Waals surface area contributed by atoms with Gasteiger partial charge in [-0.2, -0.15) is 4.98 Å². The second-order valence-electron chi connectivity index (χ2n) is 4.47. The van der Waals surface area contributed by atoms with Gasteiger partial charge in [0, 0.05) is 10.7 Å². The third kappa shape index (κ3) is 2.20. The predicted octanol–water partition coefficient (Wildman–Crippen LogP) is 3.89. The van der Waals surface area contributed by atoms with Crippen molar-refractivity contribution in [3.63, 3.8) is 0 Å². The van der Waals surface area contributed by atoms with Crippen molar-refractivity contribution in [2.24, 2.45) is 0 Å². The van der Waals surface area contributed by atoms with E-state index in [1.807, 2.05) is 32.0 Å². The number of fused-ring (bicyclic) bond motifs is 1. The van der Waals surface area contributed by atoms with Gasteiger partial charge in [-0.1, -0.05) is 29.7 Å². The van der Waals surface area contributed by atoms with Crippen molar-refractivity contribution in [2.45, 2.75) is 20.3 Å². The second-order valence-corrected chi connectivity index (χ2v) is 4.88. The molecule has 6 heteroatoms. The van der Waals surface area contributed by atoms with Gasteiger partial charge in [0.05, 0.1) is 5.69 Å². The van der Waals surface area contributed by atoms with Crippen molar-refractivity contribution in [1.29, 1.82) is 0 Å². The largest absolute Gasteiger partial charge is 0.339 e. The summed E-state index contributed by atoms with van der Waals surface area (Å²) in [6.45, 7) is 3.97. The van der Waals surface area contributed by atoms with E-state index in [0.717, 1.165) is 28.8 Å². The molecule has 2 aromatic heterocycles. The van der Waals surface area contributed by atoms with Crippen molar-refractivity contribution in [3.05, 3.63) is 40.8 Å². The van der Waals surface area contributed by atoms with Crippen LogP contribution in [-0.2, 0) is 6.42 Å². The maximum absolute atomic E-state index is 6.13. The fourth-order valence-corrected chi connectivity index (χ4v) is 2.17. The van der Waals surface area contributed by atoms with Crippen LogP contribution < -0.4 is 5.32 Å². The molecule has 0 fully saturated rings. The average Bonchev–Trinajstić information content (AvgIpc) is 2.87. The number of halogens is 1. The molecular formula is C14H13ClN4O. The summed E-state index contributed by atoms with van der Waals surface area (Å²) in [7, 11) is 0. The van der Waals surface area contributed by atoms with Crippen LogP contribution in [0, 0.1) is 6.92 Å². The van der Waals surface area contributed by atoms with Crippen molar-refractivity contribution in [3.8, 4) is 0 Å². The summed E-state index contributed by atoms with van der Waals surface area (Å²) in [5.74, 6) is 0.674. The molecule has 0 unspecified atom stereocenters. The van der Waals surface area contributed by atoms with Crippen LogP contribution in [-0.4, -0.2) is 15.1 Å². The summed E-state index contributed by atoms with van der Waals surface area (Å²) in [4.78, 5) is 8.35. The van der Waals surface area contributed by atoms with E-state index in [1.54, 1.807) is 0 Å². The number of hydrogen-bond acceptors (Lipinski definition) is 5. The molecule has 102 valence electrons. The molecule has 0 saturated carbocycles. The molecular weight excluding hydrogens is 276 g/mol. The molecule has 1 aromatic carbocycles. The lowest BCUT2D eigenvalue weighted by Gasteiger charge is -2.07. The van der Waals surface area contributed by atoms with E-state index < -0.39 is 0 Å². The first-order valence-corrected chi connectivity index (χ1v) is 6.69. The van der Waals surface area contributed by atoms with Crippen LogP contribution in [0.5, 0.6) is 0 Å². The number of aryl methyl sites for hydroxylation is 2. The SMILES string of the molecule is CCc1noc2ncnc(Nc3ccc(C)c(Cl)c3)c12. The van der Waals surface area contributed by atoms with E-state index in [-0.39, 0.29) is 0 Å². The number of anilines is 2. The number of hydrogen-bond donors (Lipinski definition) is 1. The number of aromatic nitrogens is 3. The van der Waals surface area contributed by atoms with E-state index in [4.69, 9.17) is 16.1 Å². The van der Waals surface area contributed by atoms with Gasteiger partial charge in [-0.05, 0) is 31.0 Å². The van der Waals surface area contributed by atoms with Gasteiger partial charge >= 0.3 is 0 Å². The van der Waals surface area contributed by atoms with Crippen LogP contribution in [0.4, 0.5) is 11.5 Å². The normalized spacial score (nSPS) is 10.9. The smallest absolute Gasteiger partial charge is 0.263 e. The lowest BCUT2D eigenvalue weighted by molar-refractivity contribution is 0.439. The summed E-state index contributed by atoms with van der Waals surface area (Å²) < 4.78 is 5.19. The van der Waals surface area contributed by atoms with Gasteiger partial charge in [0.25, 0.3) is 5.71 Å². The van der Waals surface area contributed by atoms with Crippen LogP contribution in [0.15, 0.2) is 29.0 Å². The quantitative estimate of drug-likeness (QED) is 0.792. The zero-order valence-electron chi connectivity index (χ0n) is 11.1. The van der Waals surface area contributed by atoms with Gasteiger partial charge in [-0.3, -0.25) is 0 Å². The van der Waals surface area contributed by atoms with Gasteiger partial charge in [0.1, 0.15) is 17.5 Å². The predicted molar refractivity (Wildman–Crippen MR) is 78.4 cm³/mol. The van der Waals surface area contributed by atoms with E-state index in [2.05, 4.69) is 20.4 Å². The molecule has 0 aliphatic rings. The molecule has 0 aliphatic heterocycles. The zero-order chi connectivity index (χ0) is 14.1. The molecule has 0 aliphatic carbocycles. The highest BCUT2D eigenvalue weighted by molar-refractivity contribution is 6.31. The summed E-state index contributed by atoms with van der Waals surface area (Å²) in [5, 5.41) is 8.77. The highest BCUT2D eigenvalue weighted by atomic mass is 35.5. The van der Waals surface area contributed by atoms with Crippen LogP contribution >= 0.6 is 11.6 Å². The lowest BCUT2D eigenvalue weighted by Crippen LogP contribution is -1.96. The molecule has 3 rings (SSSR count). The summed E-state index contributed by atoms with van der Waals surface area (Å²) in [6, 6.07) is 5.77. The topological polar surface area (TPSA) is 63.8 Å². The van der Waals surface area contributed by atoms with Crippen molar-refractivity contribution >= 4 is 34.2 Å². The second kappa shape index (κ2) is 5.09. The molecule has 3 aromatic rings. The Labute approximate surface area is 121 Å². The minimum atomic E-state index is 0.484. The van der Waals surface area contributed by atoms with Crippen molar-refractivity contribution in [1.82, 2.24) is 15.1 Å². The fraction of sp³-hybridized carbons (Fsp3) is 0.214. The molecule has 1 N–H and O–H groups in total. The maximum atomic E-state index is 6.13. The Morgan fingerprint density at radius 1 is 1.30 bits per heavy atom. The molecule has 0 spiro atoms. The van der Waals surface area contributed by atoms with Gasteiger partial charge in [0.15, 0.2) is 0 Å². The first-order chi connectivity index (χ1) is 9.69. The molecule has 2 heterocycles. The molecule has 0 bridgehead atoms. The molecule has 5 nitrogen and oxygen atoms in total. The number of nitrogens with zero attached hydrogens (tertiary/aromatic N) is 3. The van der Waals surface area contributed by atoms with E-state index >= 15 is 0 Å². The van der Waals surface area contributed by atoms with E-state index in [1.165, 1.54) is 6.33 Å². The molecule has 0 amide bonds. The Kier molecular flexibility index (Phi) is 3.28. The minimum Gasteiger partial charge on any atom is -0.339 e. The lowest BCUT2D eigenvalue weighted by atomic mass is 10.2. The van der Waals surface area contributed by atoms with Crippen LogP contribution in [0.3, 0.4) is 0 Å². The number of benzene rings is 1. The van der Waals surface area contributed by atoms with Gasteiger partial charge in [0.2, 0.25) is 0 Å². The Hall–Kier alpha value is -2.14. The van der Waals surface area contributed by atoms with Gasteiger partial charge in [-0.15, -0.1) is 0 Å². The molecule has 0 saturated heterocycles. The van der Waals surface area contributed by atoms with Crippen LogP contribution in [0.2, 0.25) is 5.02 Å². The standard InChI is InChI=1S/C14H13ClN4O/c1-3-11-12-13(16-7-17-14(12)20-19-11)18-9-5-4-8(2)10(15)6-9/h4-7H,3H2,1-2H3,(H,16,17,18). The van der Waals surface area contributed by atoms with Gasteiger partial charge < -0.3 is 9.84 Å². The molecule has 0 atom stereocenters. The molecule has 20 heavy (non-hydrogen) atoms. The third-order valence-electron chi connectivity index (χ3n) is 3.11. The van der Waals surface area contributed by atoms with Crippen molar-refractivity contribution in [2.75, 3.05) is 5.32 Å². The van der Waals surface area contributed by atoms with E-state index in [0.29, 0.717) is 16.6 Å². The highest BCUT2D eigenvalue weighted by Crippen LogP contribution is 2.28. The third-order valence-corrected chi connectivity index (χ3v) is 3.52. The number of nitrogens with one attached hydrogen (secondary N) is 1. The van der Waals surface area contributed by atoms with E-state index in [9.17, 15) is 0 Å². The fourth-order valence-electron chi connectivity index (χ4n) is 1.99. The Bertz CT molecular complexity index is 769. The monoisotopic (exact) mass is 288 g/mol. The Morgan fingerprint density at radius 2 is 2.15 bits per heavy atom. The first kappa shape index (κ1) is 12.9. The summed E-state index contributed by atoms with van der Waals surface area (Å²) in [5.41, 5.74) is 3.21. The Balaban J connectivity index is 2.05. The highest BCUT2D eigenvalue weighted by Gasteiger charge is 2.14. The van der Waals surface area contributed by atoms with Crippen LogP contribution in [0.25, 0.3) is 11.1 Å².